The fourth-order valence-corrected chi connectivity index (χ4v) is 4.26. The van der Waals surface area contributed by atoms with E-state index >= 15 is 0 Å². The Kier molecular flexibility index (Phi) is 6.20. The van der Waals surface area contributed by atoms with Gasteiger partial charge in [-0.05, 0) is 31.2 Å². The van der Waals surface area contributed by atoms with E-state index in [0.29, 0.717) is 25.4 Å². The molecule has 1 aliphatic rings. The Morgan fingerprint density at radius 2 is 2.08 bits per heavy atom. The number of nitrogens with one attached hydrogen (secondary N) is 2. The van der Waals surface area contributed by atoms with E-state index in [9.17, 15) is 13.2 Å². The summed E-state index contributed by atoms with van der Waals surface area (Å²) in [6.07, 6.45) is 0.853. The number of carbonyl (C=O) groups excluding carboxylic acids is 1. The van der Waals surface area contributed by atoms with Crippen molar-refractivity contribution in [2.75, 3.05) is 33.3 Å². The first-order chi connectivity index (χ1) is 11.4. The van der Waals surface area contributed by atoms with E-state index in [1.165, 1.54) is 29.6 Å². The molecule has 1 atom stereocenters. The second-order valence-corrected chi connectivity index (χ2v) is 7.55. The van der Waals surface area contributed by atoms with Crippen LogP contribution in [0.15, 0.2) is 23.1 Å². The van der Waals surface area contributed by atoms with Crippen LogP contribution in [-0.4, -0.2) is 58.0 Å². The fraction of sp³-hybridized carbons (Fsp3) is 0.562. The fourth-order valence-electron chi connectivity index (χ4n) is 2.78. The highest BCUT2D eigenvalue weighted by Gasteiger charge is 2.25. The van der Waals surface area contributed by atoms with Gasteiger partial charge < -0.3 is 15.4 Å². The van der Waals surface area contributed by atoms with E-state index in [1.54, 1.807) is 13.8 Å². The van der Waals surface area contributed by atoms with Crippen molar-refractivity contribution in [2.45, 2.75) is 31.2 Å². The quantitative estimate of drug-likeness (QED) is 0.756. The van der Waals surface area contributed by atoms with Gasteiger partial charge in [-0.15, -0.1) is 0 Å². The van der Waals surface area contributed by atoms with Crippen molar-refractivity contribution < 1.29 is 17.9 Å². The van der Waals surface area contributed by atoms with Gasteiger partial charge in [-0.3, -0.25) is 4.79 Å². The summed E-state index contributed by atoms with van der Waals surface area (Å²) in [7, 11) is -2.16. The van der Waals surface area contributed by atoms with Crippen LogP contribution in [0.3, 0.4) is 0 Å². The second kappa shape index (κ2) is 7.96. The third-order valence-corrected chi connectivity index (χ3v) is 6.20. The zero-order valence-corrected chi connectivity index (χ0v) is 15.1. The lowest BCUT2D eigenvalue weighted by Gasteiger charge is -2.20. The van der Waals surface area contributed by atoms with E-state index in [1.807, 2.05) is 0 Å². The number of benzene rings is 1. The summed E-state index contributed by atoms with van der Waals surface area (Å²) < 4.78 is 31.9. The average molecular weight is 355 g/mol. The van der Waals surface area contributed by atoms with Crippen molar-refractivity contribution in [3.8, 4) is 5.75 Å². The van der Waals surface area contributed by atoms with E-state index in [-0.39, 0.29) is 22.4 Å². The molecule has 1 aliphatic heterocycles. The van der Waals surface area contributed by atoms with Crippen LogP contribution in [0.5, 0.6) is 5.75 Å². The topological polar surface area (TPSA) is 87.7 Å². The Bertz CT molecular complexity index is 681. The van der Waals surface area contributed by atoms with Gasteiger partial charge in [0, 0.05) is 25.7 Å². The third-order valence-electron chi connectivity index (χ3n) is 4.15. The van der Waals surface area contributed by atoms with Crippen LogP contribution in [0.1, 0.15) is 30.6 Å². The highest BCUT2D eigenvalue weighted by molar-refractivity contribution is 7.89. The van der Waals surface area contributed by atoms with Crippen LogP contribution >= 0.6 is 0 Å². The van der Waals surface area contributed by atoms with E-state index < -0.39 is 10.0 Å². The number of amides is 1. The molecule has 0 spiro atoms. The van der Waals surface area contributed by atoms with E-state index in [4.69, 9.17) is 4.74 Å². The first-order valence-corrected chi connectivity index (χ1v) is 9.57. The van der Waals surface area contributed by atoms with Gasteiger partial charge in [0.1, 0.15) is 5.75 Å². The minimum atomic E-state index is -3.62. The van der Waals surface area contributed by atoms with Gasteiger partial charge in [0.05, 0.1) is 17.6 Å². The molecule has 0 saturated carbocycles. The molecule has 1 aromatic carbocycles. The molecule has 1 fully saturated rings. The highest BCUT2D eigenvalue weighted by atomic mass is 32.2. The lowest BCUT2D eigenvalue weighted by Crippen LogP contribution is -2.36. The lowest BCUT2D eigenvalue weighted by molar-refractivity contribution is 0.0937. The molecule has 0 bridgehead atoms. The van der Waals surface area contributed by atoms with Crippen molar-refractivity contribution in [1.29, 1.82) is 0 Å². The first kappa shape index (κ1) is 18.7. The molecule has 1 saturated heterocycles. The van der Waals surface area contributed by atoms with Crippen LogP contribution in [-0.2, 0) is 10.0 Å². The number of nitrogens with zero attached hydrogens (tertiary/aromatic N) is 1. The van der Waals surface area contributed by atoms with Crippen LogP contribution in [0.4, 0.5) is 0 Å². The van der Waals surface area contributed by atoms with Crippen LogP contribution in [0.25, 0.3) is 0 Å². The minimum absolute atomic E-state index is 0.0465. The minimum Gasteiger partial charge on any atom is -0.496 e. The molecule has 0 aromatic heterocycles. The average Bonchev–Trinajstić information content (AvgIpc) is 3.08. The zero-order valence-electron chi connectivity index (χ0n) is 14.3. The van der Waals surface area contributed by atoms with Gasteiger partial charge in [0.25, 0.3) is 5.91 Å². The molecule has 24 heavy (non-hydrogen) atoms. The normalized spacial score (nSPS) is 17.9. The summed E-state index contributed by atoms with van der Waals surface area (Å²) >= 11 is 0. The van der Waals surface area contributed by atoms with Gasteiger partial charge in [0.2, 0.25) is 10.0 Å². The first-order valence-electron chi connectivity index (χ1n) is 8.13. The maximum Gasteiger partial charge on any atom is 0.255 e. The standard InChI is InChI=1S/C16H25N3O4S/c1-4-19(5-2)24(21,22)13-6-7-15(23-3)14(10-13)16(20)18-12-8-9-17-11-12/h6-7,10,12,17H,4-5,8-9,11H2,1-3H3,(H,18,20). The Hall–Kier alpha value is -1.64. The molecule has 1 aromatic rings. The summed E-state index contributed by atoms with van der Waals surface area (Å²) in [5.74, 6) is 0.0362. The summed E-state index contributed by atoms with van der Waals surface area (Å²) in [5, 5.41) is 6.09. The number of sulfonamides is 1. The van der Waals surface area contributed by atoms with Gasteiger partial charge in [-0.1, -0.05) is 13.8 Å². The Balaban J connectivity index is 2.34. The monoisotopic (exact) mass is 355 g/mol. The smallest absolute Gasteiger partial charge is 0.255 e. The Labute approximate surface area is 143 Å². The van der Waals surface area contributed by atoms with E-state index in [0.717, 1.165) is 13.0 Å². The molecule has 0 radical (unpaired) electrons. The summed E-state index contributed by atoms with van der Waals surface area (Å²) in [5.41, 5.74) is 0.234. The molecular formula is C16H25N3O4S. The van der Waals surface area contributed by atoms with Crippen molar-refractivity contribution in [1.82, 2.24) is 14.9 Å². The Morgan fingerprint density at radius 1 is 1.38 bits per heavy atom. The molecule has 1 heterocycles. The predicted octanol–water partition coefficient (Wildman–Crippen LogP) is 0.817. The molecule has 1 unspecified atom stereocenters. The highest BCUT2D eigenvalue weighted by Crippen LogP contribution is 2.25. The molecule has 0 aliphatic carbocycles. The molecule has 7 nitrogen and oxygen atoms in total. The molecule has 8 heteroatoms. The summed E-state index contributed by atoms with van der Waals surface area (Å²) in [4.78, 5) is 12.6. The van der Waals surface area contributed by atoms with Crippen molar-refractivity contribution >= 4 is 15.9 Å². The van der Waals surface area contributed by atoms with Crippen LogP contribution in [0, 0.1) is 0 Å². The van der Waals surface area contributed by atoms with Gasteiger partial charge in [-0.2, -0.15) is 4.31 Å². The maximum atomic E-state index is 12.7. The third kappa shape index (κ3) is 3.88. The second-order valence-electron chi connectivity index (χ2n) is 5.61. The number of carbonyl (C=O) groups is 1. The zero-order chi connectivity index (χ0) is 17.7. The van der Waals surface area contributed by atoms with Crippen molar-refractivity contribution in [3.63, 3.8) is 0 Å². The lowest BCUT2D eigenvalue weighted by atomic mass is 10.1. The number of ether oxygens (including phenoxy) is 1. The SMILES string of the molecule is CCN(CC)S(=O)(=O)c1ccc(OC)c(C(=O)NC2CCNC2)c1. The van der Waals surface area contributed by atoms with E-state index in [2.05, 4.69) is 10.6 Å². The van der Waals surface area contributed by atoms with Crippen LogP contribution in [0.2, 0.25) is 0 Å². The van der Waals surface area contributed by atoms with Crippen molar-refractivity contribution in [2.24, 2.45) is 0 Å². The largest absolute Gasteiger partial charge is 0.496 e. The van der Waals surface area contributed by atoms with Gasteiger partial charge >= 0.3 is 0 Å². The number of hydrogen-bond donors (Lipinski definition) is 2. The molecular weight excluding hydrogens is 330 g/mol. The summed E-state index contributed by atoms with van der Waals surface area (Å²) in [6.45, 7) is 5.89. The molecule has 2 rings (SSSR count). The number of hydrogen-bond acceptors (Lipinski definition) is 5. The summed E-state index contributed by atoms with van der Waals surface area (Å²) in [6, 6.07) is 4.44. The van der Waals surface area contributed by atoms with Gasteiger partial charge in [0.15, 0.2) is 0 Å². The van der Waals surface area contributed by atoms with Crippen molar-refractivity contribution in [3.05, 3.63) is 23.8 Å². The molecule has 134 valence electrons. The maximum absolute atomic E-state index is 12.7. The van der Waals surface area contributed by atoms with Gasteiger partial charge in [-0.25, -0.2) is 8.42 Å². The number of methoxy groups -OCH3 is 1. The van der Waals surface area contributed by atoms with Crippen LogP contribution < -0.4 is 15.4 Å². The Morgan fingerprint density at radius 3 is 2.62 bits per heavy atom. The number of rotatable bonds is 7. The molecule has 1 amide bonds. The molecule has 2 N–H and O–H groups in total. The predicted molar refractivity (Wildman–Crippen MR) is 91.8 cm³/mol.